The molecule has 0 heterocycles. The van der Waals surface area contributed by atoms with E-state index in [-0.39, 0.29) is 11.2 Å². The number of aryl methyl sites for hydroxylation is 2. The number of nitrogens with zero attached hydrogens (tertiary/aromatic N) is 2. The molecule has 0 radical (unpaired) electrons. The Morgan fingerprint density at radius 1 is 0.840 bits per heavy atom. The Bertz CT molecular complexity index is 966. The largest absolute Gasteiger partial charge is 0.505 e. The first-order valence-corrected chi connectivity index (χ1v) is 8.51. The van der Waals surface area contributed by atoms with Crippen LogP contribution in [0, 0.1) is 13.8 Å². The third-order valence-corrected chi connectivity index (χ3v) is 4.50. The molecule has 25 heavy (non-hydrogen) atoms. The summed E-state index contributed by atoms with van der Waals surface area (Å²) in [6.45, 7) is 10.4. The Kier molecular flexibility index (Phi) is 4.34. The van der Waals surface area contributed by atoms with E-state index in [1.165, 1.54) is 10.9 Å². The van der Waals surface area contributed by atoms with Gasteiger partial charge in [-0.2, -0.15) is 5.11 Å². The van der Waals surface area contributed by atoms with E-state index in [9.17, 15) is 5.11 Å². The number of hydrogen-bond donors (Lipinski definition) is 1. The van der Waals surface area contributed by atoms with Crippen LogP contribution in [-0.4, -0.2) is 5.11 Å². The van der Waals surface area contributed by atoms with Crippen LogP contribution in [-0.2, 0) is 5.41 Å². The monoisotopic (exact) mass is 332 g/mol. The van der Waals surface area contributed by atoms with Gasteiger partial charge in [0, 0.05) is 0 Å². The number of rotatable bonds is 2. The Labute approximate surface area is 149 Å². The summed E-state index contributed by atoms with van der Waals surface area (Å²) in [7, 11) is 0. The SMILES string of the molecule is Cc1cc(C(C)(C)C)cc(N=Nc2ccc3c(C)cccc3c2)c1O. The number of aromatic hydroxyl groups is 1. The highest BCUT2D eigenvalue weighted by Gasteiger charge is 2.17. The van der Waals surface area contributed by atoms with E-state index in [1.807, 2.05) is 37.3 Å². The summed E-state index contributed by atoms with van der Waals surface area (Å²) in [6, 6.07) is 16.2. The van der Waals surface area contributed by atoms with Crippen LogP contribution in [0.25, 0.3) is 10.8 Å². The molecule has 0 aliphatic rings. The van der Waals surface area contributed by atoms with Crippen LogP contribution in [0.3, 0.4) is 0 Å². The van der Waals surface area contributed by atoms with Gasteiger partial charge in [-0.05, 0) is 64.9 Å². The summed E-state index contributed by atoms with van der Waals surface area (Å²) in [6.07, 6.45) is 0. The maximum Gasteiger partial charge on any atom is 0.146 e. The molecule has 128 valence electrons. The van der Waals surface area contributed by atoms with Crippen molar-refractivity contribution in [2.75, 3.05) is 0 Å². The summed E-state index contributed by atoms with van der Waals surface area (Å²) < 4.78 is 0. The Morgan fingerprint density at radius 3 is 2.32 bits per heavy atom. The molecule has 0 saturated heterocycles. The van der Waals surface area contributed by atoms with Crippen LogP contribution >= 0.6 is 0 Å². The first kappa shape index (κ1) is 17.2. The van der Waals surface area contributed by atoms with Crippen molar-refractivity contribution in [3.05, 3.63) is 65.2 Å². The van der Waals surface area contributed by atoms with Crippen LogP contribution in [0.5, 0.6) is 5.75 Å². The Hall–Kier alpha value is -2.68. The lowest BCUT2D eigenvalue weighted by Crippen LogP contribution is -2.11. The van der Waals surface area contributed by atoms with Gasteiger partial charge in [0.1, 0.15) is 11.4 Å². The van der Waals surface area contributed by atoms with E-state index in [0.717, 1.165) is 22.2 Å². The lowest BCUT2D eigenvalue weighted by Gasteiger charge is -2.20. The fourth-order valence-electron chi connectivity index (χ4n) is 2.88. The van der Waals surface area contributed by atoms with E-state index >= 15 is 0 Å². The third-order valence-electron chi connectivity index (χ3n) is 4.50. The highest BCUT2D eigenvalue weighted by Crippen LogP contribution is 2.36. The van der Waals surface area contributed by atoms with Crippen LogP contribution in [0.4, 0.5) is 11.4 Å². The second-order valence-corrected chi connectivity index (χ2v) is 7.59. The van der Waals surface area contributed by atoms with Crippen molar-refractivity contribution in [2.24, 2.45) is 10.2 Å². The van der Waals surface area contributed by atoms with Crippen molar-refractivity contribution in [1.82, 2.24) is 0 Å². The first-order valence-electron chi connectivity index (χ1n) is 8.51. The molecule has 1 N–H and O–H groups in total. The zero-order valence-electron chi connectivity index (χ0n) is 15.5. The van der Waals surface area contributed by atoms with Crippen molar-refractivity contribution < 1.29 is 5.11 Å². The van der Waals surface area contributed by atoms with Gasteiger partial charge in [0.05, 0.1) is 5.69 Å². The molecule has 3 rings (SSSR count). The van der Waals surface area contributed by atoms with Crippen molar-refractivity contribution in [3.63, 3.8) is 0 Å². The average molecular weight is 332 g/mol. The lowest BCUT2D eigenvalue weighted by molar-refractivity contribution is 0.471. The van der Waals surface area contributed by atoms with Crippen LogP contribution < -0.4 is 0 Å². The second-order valence-electron chi connectivity index (χ2n) is 7.59. The summed E-state index contributed by atoms with van der Waals surface area (Å²) in [5.41, 5.74) is 4.46. The van der Waals surface area contributed by atoms with Gasteiger partial charge in [-0.15, -0.1) is 5.11 Å². The molecule has 0 amide bonds. The van der Waals surface area contributed by atoms with Gasteiger partial charge in [0.25, 0.3) is 0 Å². The molecule has 3 aromatic carbocycles. The molecule has 0 aliphatic heterocycles. The summed E-state index contributed by atoms with van der Waals surface area (Å²) >= 11 is 0. The molecule has 3 aromatic rings. The third kappa shape index (κ3) is 3.55. The minimum atomic E-state index is -0.0107. The first-order chi connectivity index (χ1) is 11.8. The number of benzene rings is 3. The molecule has 0 saturated carbocycles. The van der Waals surface area contributed by atoms with Crippen molar-refractivity contribution in [2.45, 2.75) is 40.0 Å². The number of fused-ring (bicyclic) bond motifs is 1. The normalized spacial score (nSPS) is 12.2. The molecule has 0 fully saturated rings. The van der Waals surface area contributed by atoms with E-state index in [0.29, 0.717) is 5.69 Å². The van der Waals surface area contributed by atoms with E-state index < -0.39 is 0 Å². The van der Waals surface area contributed by atoms with Gasteiger partial charge in [-0.25, -0.2) is 0 Å². The van der Waals surface area contributed by atoms with Gasteiger partial charge in [-0.3, -0.25) is 0 Å². The predicted molar refractivity (Wildman–Crippen MR) is 104 cm³/mol. The lowest BCUT2D eigenvalue weighted by atomic mass is 9.86. The Morgan fingerprint density at radius 2 is 1.60 bits per heavy atom. The quantitative estimate of drug-likeness (QED) is 0.511. The fourth-order valence-corrected chi connectivity index (χ4v) is 2.88. The van der Waals surface area contributed by atoms with E-state index in [1.54, 1.807) is 0 Å². The number of phenolic OH excluding ortho intramolecular Hbond substituents is 1. The summed E-state index contributed by atoms with van der Waals surface area (Å²) in [4.78, 5) is 0. The summed E-state index contributed by atoms with van der Waals surface area (Å²) in [5, 5.41) is 21.3. The van der Waals surface area contributed by atoms with Crippen LogP contribution in [0.1, 0.15) is 37.5 Å². The minimum absolute atomic E-state index is 0.0107. The number of hydrogen-bond acceptors (Lipinski definition) is 3. The maximum absolute atomic E-state index is 10.3. The molecule has 0 aliphatic carbocycles. The van der Waals surface area contributed by atoms with Crippen LogP contribution in [0.2, 0.25) is 0 Å². The Balaban J connectivity index is 2.01. The van der Waals surface area contributed by atoms with Crippen molar-refractivity contribution in [1.29, 1.82) is 0 Å². The topological polar surface area (TPSA) is 45.0 Å². The smallest absolute Gasteiger partial charge is 0.146 e. The van der Waals surface area contributed by atoms with Gasteiger partial charge >= 0.3 is 0 Å². The highest BCUT2D eigenvalue weighted by molar-refractivity contribution is 5.87. The predicted octanol–water partition coefficient (Wildman–Crippen LogP) is 6.88. The number of azo groups is 1. The summed E-state index contributed by atoms with van der Waals surface area (Å²) in [5.74, 6) is 0.188. The molecular formula is C22H24N2O. The van der Waals surface area contributed by atoms with E-state index in [4.69, 9.17) is 0 Å². The standard InChI is InChI=1S/C22H24N2O/c1-14-7-6-8-16-12-18(9-10-19(14)16)23-24-20-13-17(22(3,4)5)11-15(2)21(20)25/h6-13,25H,1-5H3. The second kappa shape index (κ2) is 6.32. The van der Waals surface area contributed by atoms with Gasteiger partial charge in [0.2, 0.25) is 0 Å². The maximum atomic E-state index is 10.3. The van der Waals surface area contributed by atoms with Gasteiger partial charge < -0.3 is 5.11 Å². The molecule has 0 aromatic heterocycles. The highest BCUT2D eigenvalue weighted by atomic mass is 16.3. The zero-order chi connectivity index (χ0) is 18.2. The molecule has 0 bridgehead atoms. The molecule has 0 atom stereocenters. The minimum Gasteiger partial charge on any atom is -0.505 e. The molecule has 3 heteroatoms. The molecule has 0 unspecified atom stereocenters. The zero-order valence-corrected chi connectivity index (χ0v) is 15.5. The molecular weight excluding hydrogens is 308 g/mol. The van der Waals surface area contributed by atoms with Crippen LogP contribution in [0.15, 0.2) is 58.8 Å². The fraction of sp³-hybridized carbons (Fsp3) is 0.273. The molecule has 3 nitrogen and oxygen atoms in total. The molecule has 0 spiro atoms. The average Bonchev–Trinajstić information content (AvgIpc) is 2.55. The van der Waals surface area contributed by atoms with E-state index in [2.05, 4.69) is 56.1 Å². The van der Waals surface area contributed by atoms with Gasteiger partial charge in [0.15, 0.2) is 0 Å². The van der Waals surface area contributed by atoms with Gasteiger partial charge in [-0.1, -0.05) is 51.1 Å². The number of phenols is 1. The van der Waals surface area contributed by atoms with Crippen molar-refractivity contribution >= 4 is 22.1 Å². The van der Waals surface area contributed by atoms with Crippen molar-refractivity contribution in [3.8, 4) is 5.75 Å².